The van der Waals surface area contributed by atoms with Gasteiger partial charge in [0.15, 0.2) is 4.90 Å². The molecule has 5 nitrogen and oxygen atoms in total. The molecule has 0 bridgehead atoms. The van der Waals surface area contributed by atoms with Gasteiger partial charge in [0.25, 0.3) is 0 Å². The molecule has 0 amide bonds. The molecule has 0 N–H and O–H groups in total. The van der Waals surface area contributed by atoms with Crippen LogP contribution in [0.5, 0.6) is 5.75 Å². The van der Waals surface area contributed by atoms with E-state index in [1.165, 1.54) is 7.05 Å². The van der Waals surface area contributed by atoms with Crippen molar-refractivity contribution >= 4 is 10.0 Å². The molecule has 0 saturated carbocycles. The molecule has 0 fully saturated rings. The molecule has 0 atom stereocenters. The Morgan fingerprint density at radius 3 is 2.20 bits per heavy atom. The van der Waals surface area contributed by atoms with Gasteiger partial charge in [0, 0.05) is 13.6 Å². The smallest absolute Gasteiger partial charge is 0.248 e. The minimum Gasteiger partial charge on any atom is -0.494 e. The van der Waals surface area contributed by atoms with Gasteiger partial charge in [0.1, 0.15) is 17.4 Å². The normalized spacial score (nSPS) is 11.4. The standard InChI is InChI=1S/C17H16F2N2O3S/c1-3-24-14-6-4-12(5-7-14)11-21(2)25(22,23)17-15(18)8-13(10-20)9-16(17)19/h4-9H,3,11H2,1-2H3. The average Bonchev–Trinajstić information content (AvgIpc) is 2.55. The molecular formula is C17H16F2N2O3S. The third kappa shape index (κ3) is 4.13. The Balaban J connectivity index is 2.29. The summed E-state index contributed by atoms with van der Waals surface area (Å²) in [5.74, 6) is -1.95. The third-order valence-electron chi connectivity index (χ3n) is 3.44. The summed E-state index contributed by atoms with van der Waals surface area (Å²) in [5.41, 5.74) is 0.340. The van der Waals surface area contributed by atoms with Crippen molar-refractivity contribution < 1.29 is 21.9 Å². The zero-order valence-electron chi connectivity index (χ0n) is 13.7. The van der Waals surface area contributed by atoms with Crippen LogP contribution in [0.4, 0.5) is 8.78 Å². The largest absolute Gasteiger partial charge is 0.494 e. The Morgan fingerprint density at radius 2 is 1.72 bits per heavy atom. The van der Waals surface area contributed by atoms with E-state index >= 15 is 0 Å². The van der Waals surface area contributed by atoms with Crippen molar-refractivity contribution in [3.8, 4) is 11.8 Å². The van der Waals surface area contributed by atoms with Crippen LogP contribution in [0, 0.1) is 23.0 Å². The number of nitrogens with zero attached hydrogens (tertiary/aromatic N) is 2. The summed E-state index contributed by atoms with van der Waals surface area (Å²) in [5, 5.41) is 8.69. The molecule has 2 aromatic rings. The number of nitriles is 1. The first kappa shape index (κ1) is 18.8. The van der Waals surface area contributed by atoms with Crippen LogP contribution in [-0.2, 0) is 16.6 Å². The molecule has 0 aliphatic heterocycles. The number of halogens is 2. The van der Waals surface area contributed by atoms with Gasteiger partial charge in [-0.1, -0.05) is 12.1 Å². The molecule has 2 aromatic carbocycles. The highest BCUT2D eigenvalue weighted by Crippen LogP contribution is 2.25. The summed E-state index contributed by atoms with van der Waals surface area (Å²) in [6.45, 7) is 2.27. The Morgan fingerprint density at radius 1 is 1.16 bits per heavy atom. The quantitative estimate of drug-likeness (QED) is 0.788. The number of hydrogen-bond acceptors (Lipinski definition) is 4. The highest BCUT2D eigenvalue weighted by molar-refractivity contribution is 7.89. The highest BCUT2D eigenvalue weighted by atomic mass is 32.2. The highest BCUT2D eigenvalue weighted by Gasteiger charge is 2.29. The van der Waals surface area contributed by atoms with E-state index in [4.69, 9.17) is 10.00 Å². The van der Waals surface area contributed by atoms with Gasteiger partial charge in [-0.05, 0) is 36.8 Å². The van der Waals surface area contributed by atoms with E-state index in [2.05, 4.69) is 0 Å². The van der Waals surface area contributed by atoms with E-state index in [1.807, 2.05) is 6.92 Å². The topological polar surface area (TPSA) is 70.4 Å². The van der Waals surface area contributed by atoms with Crippen molar-refractivity contribution in [3.63, 3.8) is 0 Å². The molecule has 0 saturated heterocycles. The van der Waals surface area contributed by atoms with Gasteiger partial charge in [0.2, 0.25) is 10.0 Å². The molecule has 0 unspecified atom stereocenters. The lowest BCUT2D eigenvalue weighted by Crippen LogP contribution is -2.28. The molecule has 0 aromatic heterocycles. The number of rotatable bonds is 6. The van der Waals surface area contributed by atoms with Crippen LogP contribution in [0.15, 0.2) is 41.3 Å². The van der Waals surface area contributed by atoms with Gasteiger partial charge in [-0.3, -0.25) is 0 Å². The Labute approximate surface area is 145 Å². The average molecular weight is 366 g/mol. The number of benzene rings is 2. The third-order valence-corrected chi connectivity index (χ3v) is 5.29. The van der Waals surface area contributed by atoms with E-state index in [1.54, 1.807) is 30.3 Å². The minimum atomic E-state index is -4.40. The Bertz CT molecular complexity index is 883. The molecule has 0 spiro atoms. The van der Waals surface area contributed by atoms with Crippen molar-refractivity contribution in [2.24, 2.45) is 0 Å². The lowest BCUT2D eigenvalue weighted by Gasteiger charge is -2.18. The fourth-order valence-electron chi connectivity index (χ4n) is 2.23. The zero-order valence-corrected chi connectivity index (χ0v) is 14.5. The van der Waals surface area contributed by atoms with Crippen molar-refractivity contribution in [1.82, 2.24) is 4.31 Å². The van der Waals surface area contributed by atoms with Gasteiger partial charge in [0.05, 0.1) is 18.2 Å². The summed E-state index contributed by atoms with van der Waals surface area (Å²) in [7, 11) is -3.18. The summed E-state index contributed by atoms with van der Waals surface area (Å²) in [6, 6.07) is 9.67. The van der Waals surface area contributed by atoms with Gasteiger partial charge in [-0.15, -0.1) is 0 Å². The predicted octanol–water partition coefficient (Wildman–Crippen LogP) is 3.06. The van der Waals surface area contributed by atoms with Crippen LogP contribution in [0.3, 0.4) is 0 Å². The Kier molecular flexibility index (Phi) is 5.72. The van der Waals surface area contributed by atoms with Crippen molar-refractivity contribution in [1.29, 1.82) is 5.26 Å². The van der Waals surface area contributed by atoms with Crippen LogP contribution < -0.4 is 4.74 Å². The van der Waals surface area contributed by atoms with Gasteiger partial charge in [-0.2, -0.15) is 9.57 Å². The molecule has 25 heavy (non-hydrogen) atoms. The first-order chi connectivity index (χ1) is 11.8. The summed E-state index contributed by atoms with van der Waals surface area (Å²) < 4.78 is 59.1. The first-order valence-electron chi connectivity index (χ1n) is 7.36. The SMILES string of the molecule is CCOc1ccc(CN(C)S(=O)(=O)c2c(F)cc(C#N)cc2F)cc1. The van der Waals surface area contributed by atoms with Gasteiger partial charge >= 0.3 is 0 Å². The second kappa shape index (κ2) is 7.59. The second-order valence-corrected chi connectivity index (χ2v) is 7.20. The Hall–Kier alpha value is -2.50. The van der Waals surface area contributed by atoms with Crippen molar-refractivity contribution in [2.45, 2.75) is 18.4 Å². The van der Waals surface area contributed by atoms with E-state index < -0.39 is 26.6 Å². The molecule has 132 valence electrons. The monoisotopic (exact) mass is 366 g/mol. The van der Waals surface area contributed by atoms with E-state index in [-0.39, 0.29) is 12.1 Å². The van der Waals surface area contributed by atoms with Crippen LogP contribution in [0.1, 0.15) is 18.1 Å². The van der Waals surface area contributed by atoms with Crippen LogP contribution in [0.25, 0.3) is 0 Å². The maximum atomic E-state index is 14.0. The van der Waals surface area contributed by atoms with Crippen molar-refractivity contribution in [3.05, 3.63) is 59.2 Å². The number of ether oxygens (including phenoxy) is 1. The molecule has 0 aliphatic rings. The molecule has 8 heteroatoms. The maximum Gasteiger partial charge on any atom is 0.248 e. The molecule has 0 aliphatic carbocycles. The van der Waals surface area contributed by atoms with E-state index in [0.717, 1.165) is 4.31 Å². The van der Waals surface area contributed by atoms with E-state index in [9.17, 15) is 17.2 Å². The molecular weight excluding hydrogens is 350 g/mol. The van der Waals surface area contributed by atoms with E-state index in [0.29, 0.717) is 30.1 Å². The summed E-state index contributed by atoms with van der Waals surface area (Å²) >= 11 is 0. The van der Waals surface area contributed by atoms with Gasteiger partial charge < -0.3 is 4.74 Å². The van der Waals surface area contributed by atoms with Crippen LogP contribution >= 0.6 is 0 Å². The minimum absolute atomic E-state index is 0.0758. The van der Waals surface area contributed by atoms with Crippen molar-refractivity contribution in [2.75, 3.05) is 13.7 Å². The molecule has 0 radical (unpaired) electrons. The number of hydrogen-bond donors (Lipinski definition) is 0. The summed E-state index contributed by atoms with van der Waals surface area (Å²) in [6.07, 6.45) is 0. The predicted molar refractivity (Wildman–Crippen MR) is 87.3 cm³/mol. The maximum absolute atomic E-state index is 14.0. The lowest BCUT2D eigenvalue weighted by molar-refractivity contribution is 0.340. The second-order valence-electron chi connectivity index (χ2n) is 5.22. The van der Waals surface area contributed by atoms with Gasteiger partial charge in [-0.25, -0.2) is 17.2 Å². The summed E-state index contributed by atoms with van der Waals surface area (Å²) in [4.78, 5) is -1.07. The fraction of sp³-hybridized carbons (Fsp3) is 0.235. The molecule has 0 heterocycles. The van der Waals surface area contributed by atoms with Crippen LogP contribution in [0.2, 0.25) is 0 Å². The number of sulfonamides is 1. The first-order valence-corrected chi connectivity index (χ1v) is 8.80. The lowest BCUT2D eigenvalue weighted by atomic mass is 10.2. The molecule has 2 rings (SSSR count). The fourth-order valence-corrected chi connectivity index (χ4v) is 3.47. The zero-order chi connectivity index (χ0) is 18.6. The van der Waals surface area contributed by atoms with Crippen LogP contribution in [-0.4, -0.2) is 26.4 Å².